The number of methoxy groups -OCH3 is 1. The molecule has 50 heavy (non-hydrogen) atoms. The fourth-order valence-corrected chi connectivity index (χ4v) is 9.52. The van der Waals surface area contributed by atoms with Crippen LogP contribution in [0.15, 0.2) is 0 Å². The van der Waals surface area contributed by atoms with Crippen LogP contribution < -0.4 is 5.32 Å². The highest BCUT2D eigenvalue weighted by molar-refractivity contribution is 5.79. The zero-order valence-corrected chi connectivity index (χ0v) is 33.0. The molecule has 4 saturated heterocycles. The number of aliphatic hydroxyl groups is 3. The number of nitrogens with zero attached hydrogens (tertiary/aromatic N) is 1. The summed E-state index contributed by atoms with van der Waals surface area (Å²) in [6.07, 6.45) is -2.40. The van der Waals surface area contributed by atoms with Crippen molar-refractivity contribution in [1.82, 2.24) is 10.2 Å². The summed E-state index contributed by atoms with van der Waals surface area (Å²) in [6, 6.07) is -0.906. The van der Waals surface area contributed by atoms with E-state index in [4.69, 9.17) is 28.4 Å². The molecule has 4 heterocycles. The second-order valence-corrected chi connectivity index (χ2v) is 17.3. The molecule has 7 unspecified atom stereocenters. The Labute approximate surface area is 301 Å². The number of carbonyl (C=O) groups excluding carboxylic acids is 1. The van der Waals surface area contributed by atoms with Gasteiger partial charge >= 0.3 is 0 Å². The highest BCUT2D eigenvalue weighted by atomic mass is 16.7. The summed E-state index contributed by atoms with van der Waals surface area (Å²) in [7, 11) is 5.57. The topological polar surface area (TPSA) is 148 Å². The van der Waals surface area contributed by atoms with Crippen LogP contribution in [0.2, 0.25) is 0 Å². The SMILES string of the molecule is CCC[C@H]1NC(=O)[C@H](C)[C@@H](OC2CC(C)(OC)CC(C)O2)[C@H](C)[C@@H](OC2OC(C)CC(N(C)C)C2O)[C@@]2(C)C[C@@H](C)[C@@H](O2)[C@H](C)[C@@H](O)[C@]1(C)O. The van der Waals surface area contributed by atoms with Crippen molar-refractivity contribution in [1.29, 1.82) is 0 Å². The van der Waals surface area contributed by atoms with E-state index >= 15 is 0 Å². The molecule has 4 N–H and O–H groups in total. The van der Waals surface area contributed by atoms with Crippen molar-refractivity contribution < 1.29 is 48.5 Å². The Balaban J connectivity index is 1.83. The molecule has 0 radical (unpaired) electrons. The minimum absolute atomic E-state index is 0.00622. The summed E-state index contributed by atoms with van der Waals surface area (Å²) in [5.41, 5.74) is -3.05. The van der Waals surface area contributed by atoms with E-state index in [0.717, 1.165) is 0 Å². The second-order valence-electron chi connectivity index (χ2n) is 17.3. The number of hydrogen-bond acceptors (Lipinski definition) is 11. The predicted molar refractivity (Wildman–Crippen MR) is 189 cm³/mol. The number of likely N-dealkylation sites (N-methyl/N-ethyl adjacent to an activating group) is 1. The Morgan fingerprint density at radius 1 is 0.940 bits per heavy atom. The van der Waals surface area contributed by atoms with Crippen LogP contribution in [0.25, 0.3) is 0 Å². The van der Waals surface area contributed by atoms with Crippen LogP contribution in [0.1, 0.15) is 108 Å². The third kappa shape index (κ3) is 8.71. The summed E-state index contributed by atoms with van der Waals surface area (Å²) < 4.78 is 39.4. The fraction of sp³-hybridized carbons (Fsp3) is 0.974. The van der Waals surface area contributed by atoms with Gasteiger partial charge in [0, 0.05) is 37.8 Å². The van der Waals surface area contributed by atoms with Gasteiger partial charge in [0.15, 0.2) is 12.6 Å². The lowest BCUT2D eigenvalue weighted by atomic mass is 9.75. The van der Waals surface area contributed by atoms with Crippen LogP contribution in [0.3, 0.4) is 0 Å². The molecule has 0 aliphatic carbocycles. The van der Waals surface area contributed by atoms with Gasteiger partial charge in [-0.05, 0) is 73.9 Å². The molecule has 4 aliphatic rings. The maximum atomic E-state index is 14.3. The summed E-state index contributed by atoms with van der Waals surface area (Å²) in [6.45, 7) is 19.4. The average molecular weight is 715 g/mol. The summed E-state index contributed by atoms with van der Waals surface area (Å²) in [5, 5.41) is 38.5. The molecular formula is C38H70N2O10. The molecule has 1 amide bonds. The number of ether oxygens (including phenoxy) is 6. The number of rotatable bonds is 8. The maximum Gasteiger partial charge on any atom is 0.225 e. The highest BCUT2D eigenvalue weighted by Crippen LogP contribution is 2.47. The lowest BCUT2D eigenvalue weighted by Crippen LogP contribution is -2.61. The molecular weight excluding hydrogens is 644 g/mol. The maximum absolute atomic E-state index is 14.3. The Morgan fingerprint density at radius 2 is 1.60 bits per heavy atom. The van der Waals surface area contributed by atoms with Gasteiger partial charge in [-0.3, -0.25) is 4.79 Å². The van der Waals surface area contributed by atoms with Crippen molar-refractivity contribution in [3.63, 3.8) is 0 Å². The van der Waals surface area contributed by atoms with Gasteiger partial charge in [-0.1, -0.05) is 41.0 Å². The van der Waals surface area contributed by atoms with Crippen LogP contribution in [-0.4, -0.2) is 132 Å². The predicted octanol–water partition coefficient (Wildman–Crippen LogP) is 3.62. The zero-order valence-electron chi connectivity index (χ0n) is 33.0. The average Bonchev–Trinajstić information content (AvgIpc) is 3.35. The molecule has 0 saturated carbocycles. The van der Waals surface area contributed by atoms with Crippen molar-refractivity contribution in [2.75, 3.05) is 21.2 Å². The third-order valence-electron chi connectivity index (χ3n) is 12.5. The van der Waals surface area contributed by atoms with E-state index in [-0.39, 0.29) is 30.1 Å². The van der Waals surface area contributed by atoms with E-state index in [0.29, 0.717) is 38.5 Å². The van der Waals surface area contributed by atoms with Gasteiger partial charge in [0.25, 0.3) is 0 Å². The van der Waals surface area contributed by atoms with E-state index in [9.17, 15) is 20.1 Å². The standard InChI is InChI=1S/C38H70N2O10/c1-14-15-27-38(10,44)32(42)23(5)30-20(2)17-37(9,50-30)33(49-35-29(41)26(40(11)12)16-21(3)47-35)24(6)31(25(7)34(43)39-27)48-28-19-36(8,45-13)18-22(4)46-28/h20-33,35,41-42,44H,14-19H2,1-13H3,(H,39,43)/t20-,21?,22?,23+,24+,25-,26?,27-,28?,29?,30-,31+,32-,33-,35?,36?,37-,38-/m1/s1. The molecule has 4 aliphatic heterocycles. The van der Waals surface area contributed by atoms with Crippen molar-refractivity contribution in [2.45, 2.75) is 192 Å². The van der Waals surface area contributed by atoms with Gasteiger partial charge in [0.2, 0.25) is 5.91 Å². The smallest absolute Gasteiger partial charge is 0.225 e. The quantitative estimate of drug-likeness (QED) is 0.292. The van der Waals surface area contributed by atoms with Crippen LogP contribution in [0, 0.1) is 23.7 Å². The highest BCUT2D eigenvalue weighted by Gasteiger charge is 2.57. The lowest BCUT2D eigenvalue weighted by molar-refractivity contribution is -0.311. The first-order valence-electron chi connectivity index (χ1n) is 19.1. The minimum atomic E-state index is -1.64. The van der Waals surface area contributed by atoms with E-state index < -0.39 is 83.7 Å². The van der Waals surface area contributed by atoms with Crippen molar-refractivity contribution in [3.8, 4) is 0 Å². The number of hydrogen-bond donors (Lipinski definition) is 4. The van der Waals surface area contributed by atoms with E-state index in [1.165, 1.54) is 0 Å². The molecule has 4 fully saturated rings. The van der Waals surface area contributed by atoms with Crippen LogP contribution in [0.5, 0.6) is 0 Å². The monoisotopic (exact) mass is 715 g/mol. The number of fused-ring (bicyclic) bond motifs is 2. The molecule has 18 atom stereocenters. The minimum Gasteiger partial charge on any atom is -0.390 e. The molecule has 0 aromatic heterocycles. The molecule has 0 aromatic rings. The van der Waals surface area contributed by atoms with Gasteiger partial charge in [-0.15, -0.1) is 0 Å². The second kappa shape index (κ2) is 16.2. The van der Waals surface area contributed by atoms with Crippen LogP contribution >= 0.6 is 0 Å². The Kier molecular flexibility index (Phi) is 13.6. The largest absolute Gasteiger partial charge is 0.390 e. The van der Waals surface area contributed by atoms with Crippen molar-refractivity contribution in [2.24, 2.45) is 23.7 Å². The van der Waals surface area contributed by atoms with Crippen molar-refractivity contribution >= 4 is 5.91 Å². The number of carbonyl (C=O) groups is 1. The van der Waals surface area contributed by atoms with E-state index in [1.54, 1.807) is 14.0 Å². The summed E-state index contributed by atoms with van der Waals surface area (Å²) in [4.78, 5) is 16.3. The normalized spacial score (nSPS) is 51.1. The molecule has 0 spiro atoms. The first-order chi connectivity index (χ1) is 23.2. The number of amides is 1. The molecule has 4 rings (SSSR count). The fourth-order valence-electron chi connectivity index (χ4n) is 9.52. The molecule has 12 heteroatoms. The van der Waals surface area contributed by atoms with Gasteiger partial charge < -0.3 is 54.0 Å². The summed E-state index contributed by atoms with van der Waals surface area (Å²) >= 11 is 0. The van der Waals surface area contributed by atoms with Gasteiger partial charge in [-0.2, -0.15) is 0 Å². The van der Waals surface area contributed by atoms with E-state index in [1.807, 2.05) is 74.4 Å². The van der Waals surface area contributed by atoms with Gasteiger partial charge in [0.05, 0.1) is 59.8 Å². The Bertz CT molecular complexity index is 1130. The third-order valence-corrected chi connectivity index (χ3v) is 12.5. The number of nitrogens with one attached hydrogen (secondary N) is 1. The Morgan fingerprint density at radius 3 is 2.20 bits per heavy atom. The summed E-state index contributed by atoms with van der Waals surface area (Å²) in [5.74, 6) is -2.00. The number of aliphatic hydroxyl groups excluding tert-OH is 2. The van der Waals surface area contributed by atoms with Gasteiger partial charge in [0.1, 0.15) is 11.7 Å². The first-order valence-corrected chi connectivity index (χ1v) is 19.1. The van der Waals surface area contributed by atoms with Crippen LogP contribution in [0.4, 0.5) is 0 Å². The molecule has 0 aromatic carbocycles. The van der Waals surface area contributed by atoms with E-state index in [2.05, 4.69) is 12.2 Å². The van der Waals surface area contributed by atoms with Gasteiger partial charge in [-0.25, -0.2) is 0 Å². The lowest BCUT2D eigenvalue weighted by Gasteiger charge is -2.48. The van der Waals surface area contributed by atoms with Crippen molar-refractivity contribution in [3.05, 3.63) is 0 Å². The molecule has 12 nitrogen and oxygen atoms in total. The van der Waals surface area contributed by atoms with Crippen LogP contribution in [-0.2, 0) is 33.2 Å². The zero-order chi connectivity index (χ0) is 37.5. The first kappa shape index (κ1) is 41.8. The molecule has 2 bridgehead atoms. The Hall–Kier alpha value is -0.930. The molecule has 292 valence electrons.